The van der Waals surface area contributed by atoms with Crippen molar-refractivity contribution in [2.75, 3.05) is 7.05 Å². The predicted octanol–water partition coefficient (Wildman–Crippen LogP) is 2.77. The average Bonchev–Trinajstić information content (AvgIpc) is 2.97. The molecule has 0 aliphatic carbocycles. The molecule has 2 aromatic rings. The smallest absolute Gasteiger partial charge is 0.250 e. The first-order chi connectivity index (χ1) is 9.01. The molecule has 0 saturated heterocycles. The van der Waals surface area contributed by atoms with E-state index in [1.54, 1.807) is 6.07 Å². The van der Waals surface area contributed by atoms with E-state index in [-0.39, 0.29) is 0 Å². The van der Waals surface area contributed by atoms with Gasteiger partial charge in [-0.15, -0.1) is 22.7 Å². The van der Waals surface area contributed by atoms with Gasteiger partial charge in [-0.2, -0.15) is 0 Å². The fourth-order valence-corrected chi connectivity index (χ4v) is 5.39. The average molecular weight is 381 g/mol. The van der Waals surface area contributed by atoms with E-state index in [0.717, 1.165) is 13.5 Å². The van der Waals surface area contributed by atoms with E-state index in [2.05, 4.69) is 26.0 Å². The maximum Gasteiger partial charge on any atom is 0.250 e. The van der Waals surface area contributed by atoms with Gasteiger partial charge in [-0.3, -0.25) is 0 Å². The van der Waals surface area contributed by atoms with Crippen LogP contribution in [0, 0.1) is 0 Å². The Kier molecular flexibility index (Phi) is 5.15. The SMILES string of the molecule is CNCc1ccc(S(=O)(=O)NCc2ccc(Br)s2)s1. The van der Waals surface area contributed by atoms with Gasteiger partial charge in [0, 0.05) is 22.8 Å². The monoisotopic (exact) mass is 380 g/mol. The van der Waals surface area contributed by atoms with Crippen LogP contribution in [0.4, 0.5) is 0 Å². The molecule has 2 N–H and O–H groups in total. The lowest BCUT2D eigenvalue weighted by Crippen LogP contribution is -2.21. The topological polar surface area (TPSA) is 58.2 Å². The third-order valence-electron chi connectivity index (χ3n) is 2.32. The minimum Gasteiger partial charge on any atom is -0.315 e. The Morgan fingerprint density at radius 2 is 1.79 bits per heavy atom. The quantitative estimate of drug-likeness (QED) is 0.809. The predicted molar refractivity (Wildman–Crippen MR) is 83.1 cm³/mol. The molecule has 0 aromatic carbocycles. The summed E-state index contributed by atoms with van der Waals surface area (Å²) in [6.45, 7) is 0.996. The normalized spacial score (nSPS) is 11.9. The second-order valence-corrected chi connectivity index (χ2v) is 9.49. The fourth-order valence-electron chi connectivity index (χ4n) is 1.46. The molecule has 0 radical (unpaired) electrons. The van der Waals surface area contributed by atoms with Gasteiger partial charge in [-0.1, -0.05) is 0 Å². The van der Waals surface area contributed by atoms with Crippen molar-refractivity contribution >= 4 is 48.6 Å². The highest BCUT2D eigenvalue weighted by atomic mass is 79.9. The van der Waals surface area contributed by atoms with Crippen molar-refractivity contribution in [2.45, 2.75) is 17.3 Å². The lowest BCUT2D eigenvalue weighted by atomic mass is 10.5. The lowest BCUT2D eigenvalue weighted by Gasteiger charge is -2.02. The minimum atomic E-state index is -3.41. The zero-order valence-electron chi connectivity index (χ0n) is 10.1. The highest BCUT2D eigenvalue weighted by molar-refractivity contribution is 9.11. The Hall–Kier alpha value is -0.250. The van der Waals surface area contributed by atoms with Crippen molar-refractivity contribution < 1.29 is 8.42 Å². The summed E-state index contributed by atoms with van der Waals surface area (Å²) in [5.41, 5.74) is 0. The summed E-state index contributed by atoms with van der Waals surface area (Å²) < 4.78 is 28.2. The standard InChI is InChI=1S/C11H13BrN2O2S3/c1-13-6-8-3-5-11(18-8)19(15,16)14-7-9-2-4-10(12)17-9/h2-5,13-14H,6-7H2,1H3. The summed E-state index contributed by atoms with van der Waals surface area (Å²) in [6.07, 6.45) is 0. The van der Waals surface area contributed by atoms with Crippen LogP contribution in [0.2, 0.25) is 0 Å². The first-order valence-corrected chi connectivity index (χ1v) is 9.39. The molecule has 0 unspecified atom stereocenters. The second-order valence-electron chi connectivity index (χ2n) is 3.78. The number of halogens is 1. The minimum absolute atomic E-state index is 0.317. The summed E-state index contributed by atoms with van der Waals surface area (Å²) in [5, 5.41) is 3.00. The van der Waals surface area contributed by atoms with E-state index in [1.807, 2.05) is 25.2 Å². The van der Waals surface area contributed by atoms with Gasteiger partial charge in [0.15, 0.2) is 0 Å². The molecule has 0 amide bonds. The van der Waals surface area contributed by atoms with Crippen molar-refractivity contribution in [1.29, 1.82) is 0 Å². The van der Waals surface area contributed by atoms with Gasteiger partial charge in [0.2, 0.25) is 10.0 Å². The van der Waals surface area contributed by atoms with Crippen LogP contribution in [0.25, 0.3) is 0 Å². The third kappa shape index (κ3) is 4.11. The van der Waals surface area contributed by atoms with Crippen LogP contribution in [0.1, 0.15) is 9.75 Å². The number of rotatable bonds is 6. The number of hydrogen-bond acceptors (Lipinski definition) is 5. The van der Waals surface area contributed by atoms with Crippen LogP contribution in [0.3, 0.4) is 0 Å². The first-order valence-electron chi connectivity index (χ1n) is 5.48. The van der Waals surface area contributed by atoms with E-state index < -0.39 is 10.0 Å². The molecule has 2 aromatic heterocycles. The molecule has 0 fully saturated rings. The maximum atomic E-state index is 12.1. The zero-order chi connectivity index (χ0) is 13.9. The summed E-state index contributed by atoms with van der Waals surface area (Å²) in [7, 11) is -1.58. The van der Waals surface area contributed by atoms with E-state index in [1.165, 1.54) is 22.7 Å². The first kappa shape index (κ1) is 15.1. The van der Waals surface area contributed by atoms with Crippen molar-refractivity contribution in [1.82, 2.24) is 10.0 Å². The highest BCUT2D eigenvalue weighted by Gasteiger charge is 2.16. The molecular formula is C11H13BrN2O2S3. The van der Waals surface area contributed by atoms with Gasteiger partial charge >= 0.3 is 0 Å². The van der Waals surface area contributed by atoms with Crippen molar-refractivity contribution in [3.05, 3.63) is 37.8 Å². The maximum absolute atomic E-state index is 12.1. The molecule has 0 atom stereocenters. The zero-order valence-corrected chi connectivity index (χ0v) is 14.2. The highest BCUT2D eigenvalue weighted by Crippen LogP contribution is 2.24. The van der Waals surface area contributed by atoms with E-state index in [9.17, 15) is 8.42 Å². The summed E-state index contributed by atoms with van der Waals surface area (Å²) in [4.78, 5) is 1.98. The van der Waals surface area contributed by atoms with Gasteiger partial charge in [-0.25, -0.2) is 13.1 Å². The van der Waals surface area contributed by atoms with Crippen molar-refractivity contribution in [3.63, 3.8) is 0 Å². The van der Waals surface area contributed by atoms with Crippen LogP contribution in [0.15, 0.2) is 32.3 Å². The molecule has 0 aliphatic rings. The molecule has 104 valence electrons. The molecule has 19 heavy (non-hydrogen) atoms. The molecule has 4 nitrogen and oxygen atoms in total. The molecule has 0 aliphatic heterocycles. The van der Waals surface area contributed by atoms with Crippen LogP contribution >= 0.6 is 38.6 Å². The van der Waals surface area contributed by atoms with Crippen molar-refractivity contribution in [3.8, 4) is 0 Å². The van der Waals surface area contributed by atoms with E-state index in [4.69, 9.17) is 0 Å². The van der Waals surface area contributed by atoms with Gasteiger partial charge in [0.25, 0.3) is 0 Å². The Morgan fingerprint density at radius 3 is 2.42 bits per heavy atom. The summed E-state index contributed by atoms with van der Waals surface area (Å²) in [6, 6.07) is 7.28. The Labute approximate surface area is 129 Å². The van der Waals surface area contributed by atoms with Crippen molar-refractivity contribution in [2.24, 2.45) is 0 Å². The summed E-state index contributed by atoms with van der Waals surface area (Å²) in [5.74, 6) is 0. The number of nitrogens with one attached hydrogen (secondary N) is 2. The van der Waals surface area contributed by atoms with Gasteiger partial charge in [0.05, 0.1) is 3.79 Å². The lowest BCUT2D eigenvalue weighted by molar-refractivity contribution is 0.584. The van der Waals surface area contributed by atoms with Crippen LogP contribution in [0.5, 0.6) is 0 Å². The molecule has 8 heteroatoms. The number of thiophene rings is 2. The fraction of sp³-hybridized carbons (Fsp3) is 0.273. The Bertz CT molecular complexity index is 648. The Balaban J connectivity index is 2.04. The Morgan fingerprint density at radius 1 is 1.11 bits per heavy atom. The van der Waals surface area contributed by atoms with Crippen LogP contribution in [-0.2, 0) is 23.1 Å². The number of sulfonamides is 1. The number of hydrogen-bond donors (Lipinski definition) is 2. The van der Waals surface area contributed by atoms with Gasteiger partial charge in [-0.05, 0) is 47.2 Å². The third-order valence-corrected chi connectivity index (χ3v) is 6.92. The molecule has 0 saturated carbocycles. The molecule has 2 heterocycles. The van der Waals surface area contributed by atoms with Crippen LogP contribution < -0.4 is 10.0 Å². The van der Waals surface area contributed by atoms with E-state index >= 15 is 0 Å². The van der Waals surface area contributed by atoms with Crippen LogP contribution in [-0.4, -0.2) is 15.5 Å². The summed E-state index contributed by atoms with van der Waals surface area (Å²) >= 11 is 6.16. The second kappa shape index (κ2) is 6.47. The van der Waals surface area contributed by atoms with Gasteiger partial charge in [0.1, 0.15) is 4.21 Å². The molecule has 2 rings (SSSR count). The largest absolute Gasteiger partial charge is 0.315 e. The molecular weight excluding hydrogens is 368 g/mol. The van der Waals surface area contributed by atoms with E-state index in [0.29, 0.717) is 17.3 Å². The molecule has 0 bridgehead atoms. The van der Waals surface area contributed by atoms with Gasteiger partial charge < -0.3 is 5.32 Å². The molecule has 0 spiro atoms.